The van der Waals surface area contributed by atoms with Gasteiger partial charge in [-0.25, -0.2) is 5.01 Å². The lowest BCUT2D eigenvalue weighted by Crippen LogP contribution is -2.30. The third kappa shape index (κ3) is 3.73. The first kappa shape index (κ1) is 19.9. The predicted molar refractivity (Wildman–Crippen MR) is 132 cm³/mol. The molecular formula is C27H25N5. The number of fused-ring (bicyclic) bond motifs is 2. The van der Waals surface area contributed by atoms with Gasteiger partial charge in [0, 0.05) is 40.7 Å². The van der Waals surface area contributed by atoms with Crippen molar-refractivity contribution in [3.05, 3.63) is 102 Å². The number of allylic oxidation sites excluding steroid dienone is 3. The Hall–Kier alpha value is -3.99. The number of nitrogens with zero attached hydrogens (tertiary/aromatic N) is 3. The molecule has 0 spiro atoms. The molecule has 1 aliphatic rings. The van der Waals surface area contributed by atoms with Crippen LogP contribution in [0.15, 0.2) is 95.5 Å². The molecule has 3 heterocycles. The van der Waals surface area contributed by atoms with Gasteiger partial charge in [-0.1, -0.05) is 25.1 Å². The summed E-state index contributed by atoms with van der Waals surface area (Å²) in [7, 11) is 0. The van der Waals surface area contributed by atoms with Gasteiger partial charge in [0.1, 0.15) is 5.84 Å². The molecule has 158 valence electrons. The third-order valence-electron chi connectivity index (χ3n) is 5.95. The van der Waals surface area contributed by atoms with Crippen LogP contribution in [0, 0.1) is 5.41 Å². The number of aromatic amines is 1. The van der Waals surface area contributed by atoms with Crippen molar-refractivity contribution in [1.29, 1.82) is 5.41 Å². The second-order valence-corrected chi connectivity index (χ2v) is 8.08. The molecule has 5 heteroatoms. The van der Waals surface area contributed by atoms with E-state index in [-0.39, 0.29) is 0 Å². The zero-order valence-corrected chi connectivity index (χ0v) is 18.3. The molecule has 0 saturated carbocycles. The van der Waals surface area contributed by atoms with Gasteiger partial charge in [0.05, 0.1) is 16.9 Å². The Morgan fingerprint density at radius 2 is 1.94 bits per heavy atom. The van der Waals surface area contributed by atoms with Crippen LogP contribution in [-0.4, -0.2) is 26.5 Å². The van der Waals surface area contributed by atoms with Crippen molar-refractivity contribution in [1.82, 2.24) is 15.0 Å². The van der Waals surface area contributed by atoms with Crippen molar-refractivity contribution in [2.75, 3.05) is 0 Å². The number of hydrogen-bond acceptors (Lipinski definition) is 3. The molecular weight excluding hydrogens is 394 g/mol. The zero-order valence-electron chi connectivity index (χ0n) is 18.3. The zero-order chi connectivity index (χ0) is 22.1. The quantitative estimate of drug-likeness (QED) is 0.306. The Labute approximate surface area is 187 Å². The molecule has 2 aromatic carbocycles. The molecule has 1 aliphatic heterocycles. The van der Waals surface area contributed by atoms with Crippen LogP contribution in [0.5, 0.6) is 0 Å². The van der Waals surface area contributed by atoms with E-state index in [1.54, 1.807) is 11.2 Å². The Kier molecular flexibility index (Phi) is 5.15. The van der Waals surface area contributed by atoms with Crippen molar-refractivity contribution < 1.29 is 0 Å². The molecule has 0 radical (unpaired) electrons. The smallest absolute Gasteiger partial charge is 0.127 e. The van der Waals surface area contributed by atoms with Gasteiger partial charge in [-0.2, -0.15) is 5.10 Å². The number of hydrazone groups is 1. The van der Waals surface area contributed by atoms with Crippen LogP contribution in [0.2, 0.25) is 0 Å². The fourth-order valence-corrected chi connectivity index (χ4v) is 4.00. The number of nitrogens with one attached hydrogen (secondary N) is 2. The highest BCUT2D eigenvalue weighted by atomic mass is 15.5. The van der Waals surface area contributed by atoms with Gasteiger partial charge < -0.3 is 4.98 Å². The van der Waals surface area contributed by atoms with Gasteiger partial charge >= 0.3 is 0 Å². The number of pyridine rings is 1. The minimum atomic E-state index is 0.445. The third-order valence-corrected chi connectivity index (χ3v) is 5.95. The van der Waals surface area contributed by atoms with Crippen molar-refractivity contribution in [3.63, 3.8) is 0 Å². The Morgan fingerprint density at radius 3 is 2.81 bits per heavy atom. The average molecular weight is 420 g/mol. The van der Waals surface area contributed by atoms with E-state index in [4.69, 9.17) is 10.5 Å². The molecule has 0 bridgehead atoms. The Balaban J connectivity index is 1.49. The van der Waals surface area contributed by atoms with E-state index in [1.165, 1.54) is 5.57 Å². The molecule has 0 atom stereocenters. The van der Waals surface area contributed by atoms with E-state index in [0.29, 0.717) is 12.3 Å². The first-order chi connectivity index (χ1) is 15.6. The first-order valence-corrected chi connectivity index (χ1v) is 10.9. The van der Waals surface area contributed by atoms with Gasteiger partial charge in [0.25, 0.3) is 0 Å². The normalized spacial score (nSPS) is 15.3. The van der Waals surface area contributed by atoms with Crippen LogP contribution in [0.1, 0.15) is 31.4 Å². The molecule has 4 aromatic rings. The Bertz CT molecular complexity index is 1420. The minimum absolute atomic E-state index is 0.445. The van der Waals surface area contributed by atoms with E-state index in [1.807, 2.05) is 30.5 Å². The lowest BCUT2D eigenvalue weighted by atomic mass is 10.0. The van der Waals surface area contributed by atoms with Crippen LogP contribution in [0.4, 0.5) is 0 Å². The number of amidine groups is 1. The van der Waals surface area contributed by atoms with Gasteiger partial charge in [0.15, 0.2) is 0 Å². The molecule has 32 heavy (non-hydrogen) atoms. The van der Waals surface area contributed by atoms with Crippen molar-refractivity contribution in [2.24, 2.45) is 5.10 Å². The summed E-state index contributed by atoms with van der Waals surface area (Å²) in [6, 6.07) is 18.5. The summed E-state index contributed by atoms with van der Waals surface area (Å²) in [6.07, 6.45) is 9.28. The SMILES string of the molecule is CC/C(C)=C1\C=CC(c2ccc3[nH]ccc3c2)=NN1C(=N)Cc1ccc2ncccc2c1. The summed E-state index contributed by atoms with van der Waals surface area (Å²) in [4.78, 5) is 7.63. The van der Waals surface area contributed by atoms with E-state index in [9.17, 15) is 0 Å². The van der Waals surface area contributed by atoms with Crippen LogP contribution < -0.4 is 0 Å². The van der Waals surface area contributed by atoms with Gasteiger partial charge in [-0.3, -0.25) is 10.4 Å². The lowest BCUT2D eigenvalue weighted by molar-refractivity contribution is 0.540. The summed E-state index contributed by atoms with van der Waals surface area (Å²) < 4.78 is 0. The molecule has 0 amide bonds. The highest BCUT2D eigenvalue weighted by Gasteiger charge is 2.20. The molecule has 0 saturated heterocycles. The van der Waals surface area contributed by atoms with Crippen LogP contribution in [0.25, 0.3) is 21.8 Å². The molecule has 0 aliphatic carbocycles. The Morgan fingerprint density at radius 1 is 1.03 bits per heavy atom. The molecule has 5 nitrogen and oxygen atoms in total. The summed E-state index contributed by atoms with van der Waals surface area (Å²) in [5.74, 6) is 0.445. The number of hydrogen-bond donors (Lipinski definition) is 2. The van der Waals surface area contributed by atoms with E-state index >= 15 is 0 Å². The van der Waals surface area contributed by atoms with Crippen molar-refractivity contribution in [2.45, 2.75) is 26.7 Å². The van der Waals surface area contributed by atoms with Gasteiger partial charge in [-0.05, 0) is 73.0 Å². The molecule has 0 fully saturated rings. The fourth-order valence-electron chi connectivity index (χ4n) is 4.00. The largest absolute Gasteiger partial charge is 0.361 e. The molecule has 2 N–H and O–H groups in total. The maximum atomic E-state index is 8.92. The van der Waals surface area contributed by atoms with Crippen molar-refractivity contribution in [3.8, 4) is 0 Å². The summed E-state index contributed by atoms with van der Waals surface area (Å²) >= 11 is 0. The summed E-state index contributed by atoms with van der Waals surface area (Å²) in [6.45, 7) is 4.24. The van der Waals surface area contributed by atoms with Gasteiger partial charge in [-0.15, -0.1) is 0 Å². The number of rotatable bonds is 4. The first-order valence-electron chi connectivity index (χ1n) is 10.9. The standard InChI is InChI=1S/C27H25N5/c1-3-18(2)26-11-10-25(21-7-9-24-22(17-21)12-14-30-24)31-32(26)27(28)16-19-6-8-23-20(15-19)5-4-13-29-23/h4-15,17,28,30H,3,16H2,1-2H3/b26-18+,28-27?. The van der Waals surface area contributed by atoms with Crippen molar-refractivity contribution >= 4 is 33.4 Å². The molecule has 2 aromatic heterocycles. The fraction of sp³-hybridized carbons (Fsp3) is 0.148. The van der Waals surface area contributed by atoms with E-state index in [0.717, 1.165) is 50.8 Å². The lowest BCUT2D eigenvalue weighted by Gasteiger charge is -2.27. The molecule has 0 unspecified atom stereocenters. The summed E-state index contributed by atoms with van der Waals surface area (Å²) in [5, 5.41) is 17.9. The van der Waals surface area contributed by atoms with Crippen LogP contribution in [0.3, 0.4) is 0 Å². The average Bonchev–Trinajstić information content (AvgIpc) is 3.31. The van der Waals surface area contributed by atoms with Crippen LogP contribution in [-0.2, 0) is 6.42 Å². The number of benzene rings is 2. The minimum Gasteiger partial charge on any atom is -0.361 e. The maximum Gasteiger partial charge on any atom is 0.127 e. The van der Waals surface area contributed by atoms with E-state index < -0.39 is 0 Å². The topological polar surface area (TPSA) is 68.1 Å². The molecule has 5 rings (SSSR count). The second kappa shape index (κ2) is 8.27. The monoisotopic (exact) mass is 419 g/mol. The maximum absolute atomic E-state index is 8.92. The highest BCUT2D eigenvalue weighted by molar-refractivity contribution is 6.11. The second-order valence-electron chi connectivity index (χ2n) is 8.08. The summed E-state index contributed by atoms with van der Waals surface area (Å²) in [5.41, 5.74) is 7.22. The highest BCUT2D eigenvalue weighted by Crippen LogP contribution is 2.24. The van der Waals surface area contributed by atoms with Gasteiger partial charge in [0.2, 0.25) is 0 Å². The van der Waals surface area contributed by atoms with Crippen LogP contribution >= 0.6 is 0 Å². The predicted octanol–water partition coefficient (Wildman–Crippen LogP) is 6.20. The number of aromatic nitrogens is 2. The number of H-pyrrole nitrogens is 1. The van der Waals surface area contributed by atoms with E-state index in [2.05, 4.69) is 66.3 Å².